The predicted molar refractivity (Wildman–Crippen MR) is 125 cm³/mol. The molecule has 9 nitrogen and oxygen atoms in total. The van der Waals surface area contributed by atoms with Gasteiger partial charge in [-0.3, -0.25) is 10.1 Å². The van der Waals surface area contributed by atoms with E-state index in [9.17, 15) is 10.1 Å². The molecule has 2 aromatic carbocycles. The highest BCUT2D eigenvalue weighted by molar-refractivity contribution is 5.82. The van der Waals surface area contributed by atoms with E-state index in [1.165, 1.54) is 17.8 Å². The highest BCUT2D eigenvalue weighted by Crippen LogP contribution is 2.32. The first-order chi connectivity index (χ1) is 15.5. The molecule has 1 saturated heterocycles. The first kappa shape index (κ1) is 20.0. The zero-order valence-corrected chi connectivity index (χ0v) is 17.7. The molecule has 4 aromatic rings. The Morgan fingerprint density at radius 3 is 2.44 bits per heavy atom. The van der Waals surface area contributed by atoms with Gasteiger partial charge < -0.3 is 15.5 Å². The highest BCUT2D eigenvalue weighted by atomic mass is 16.6. The normalized spacial score (nSPS) is 14.7. The molecule has 0 bridgehead atoms. The molecule has 3 heterocycles. The van der Waals surface area contributed by atoms with Crippen LogP contribution in [-0.4, -0.2) is 57.6 Å². The number of likely N-dealkylation sites (N-methyl/N-ethyl adjacent to an activating group) is 1. The lowest BCUT2D eigenvalue weighted by atomic mass is 10.1. The Morgan fingerprint density at radius 1 is 0.969 bits per heavy atom. The lowest BCUT2D eigenvalue weighted by Crippen LogP contribution is -2.44. The van der Waals surface area contributed by atoms with Gasteiger partial charge in [0.2, 0.25) is 0 Å². The smallest absolute Gasteiger partial charge is 0.270 e. The number of hydrogen-bond acceptors (Lipinski definition) is 7. The molecule has 9 heteroatoms. The number of fused-ring (bicyclic) bond motifs is 1. The number of nitrogen functional groups attached to an aromatic ring is 1. The predicted octanol–water partition coefficient (Wildman–Crippen LogP) is 3.31. The van der Waals surface area contributed by atoms with Crippen molar-refractivity contribution in [3.05, 3.63) is 71.0 Å². The minimum atomic E-state index is -0.427. The summed E-state index contributed by atoms with van der Waals surface area (Å²) in [5.74, 6) is 0.385. The average Bonchev–Trinajstić information content (AvgIpc) is 3.25. The summed E-state index contributed by atoms with van der Waals surface area (Å²) < 4.78 is 1.58. The zero-order chi connectivity index (χ0) is 22.2. The van der Waals surface area contributed by atoms with E-state index in [1.54, 1.807) is 29.0 Å². The maximum atomic E-state index is 11.1. The van der Waals surface area contributed by atoms with Crippen LogP contribution in [0.1, 0.15) is 0 Å². The third-order valence-electron chi connectivity index (χ3n) is 5.98. The second-order valence-electron chi connectivity index (χ2n) is 8.00. The molecule has 0 atom stereocenters. The zero-order valence-electron chi connectivity index (χ0n) is 17.7. The Balaban J connectivity index is 1.47. The molecular weight excluding hydrogens is 406 g/mol. The molecule has 0 saturated carbocycles. The first-order valence-electron chi connectivity index (χ1n) is 10.4. The van der Waals surface area contributed by atoms with Crippen LogP contribution in [0.25, 0.3) is 27.9 Å². The third-order valence-corrected chi connectivity index (χ3v) is 5.98. The van der Waals surface area contributed by atoms with Crippen LogP contribution in [0, 0.1) is 10.1 Å². The van der Waals surface area contributed by atoms with E-state index in [4.69, 9.17) is 5.73 Å². The van der Waals surface area contributed by atoms with Crippen LogP contribution in [-0.2, 0) is 0 Å². The number of aromatic nitrogens is 3. The molecule has 1 fully saturated rings. The monoisotopic (exact) mass is 429 g/mol. The van der Waals surface area contributed by atoms with Gasteiger partial charge in [-0.1, -0.05) is 24.3 Å². The SMILES string of the molecule is CN1CCN(c2ccc(-c3cnn4c(N)c(-c5cccc([N+](=O)[O-])c5)cnc34)cc2)CC1. The van der Waals surface area contributed by atoms with Crippen molar-refractivity contribution in [2.24, 2.45) is 0 Å². The van der Waals surface area contributed by atoms with Gasteiger partial charge in [-0.15, -0.1) is 0 Å². The maximum Gasteiger partial charge on any atom is 0.270 e. The molecular formula is C23H23N7O2. The maximum absolute atomic E-state index is 11.1. The van der Waals surface area contributed by atoms with Gasteiger partial charge in [0.1, 0.15) is 5.82 Å². The number of nitro benzene ring substituents is 1. The van der Waals surface area contributed by atoms with Crippen LogP contribution >= 0.6 is 0 Å². The van der Waals surface area contributed by atoms with E-state index in [-0.39, 0.29) is 5.69 Å². The highest BCUT2D eigenvalue weighted by Gasteiger charge is 2.17. The van der Waals surface area contributed by atoms with Crippen LogP contribution in [0.15, 0.2) is 60.9 Å². The Hall–Kier alpha value is -3.98. The van der Waals surface area contributed by atoms with Crippen LogP contribution in [0.2, 0.25) is 0 Å². The van der Waals surface area contributed by atoms with Crippen LogP contribution in [0.4, 0.5) is 17.2 Å². The fourth-order valence-electron chi connectivity index (χ4n) is 4.08. The molecule has 0 unspecified atom stereocenters. The van der Waals surface area contributed by atoms with Gasteiger partial charge in [-0.25, -0.2) is 4.98 Å². The number of hydrogen-bond donors (Lipinski definition) is 1. The number of nitro groups is 1. The fourth-order valence-corrected chi connectivity index (χ4v) is 4.08. The number of nitrogens with two attached hydrogens (primary N) is 1. The van der Waals surface area contributed by atoms with Crippen molar-refractivity contribution < 1.29 is 4.92 Å². The molecule has 0 amide bonds. The van der Waals surface area contributed by atoms with Gasteiger partial charge in [0.15, 0.2) is 5.65 Å². The van der Waals surface area contributed by atoms with Gasteiger partial charge in [-0.2, -0.15) is 9.61 Å². The second kappa shape index (κ2) is 7.93. The van der Waals surface area contributed by atoms with Crippen molar-refractivity contribution >= 4 is 22.8 Å². The van der Waals surface area contributed by atoms with Crippen LogP contribution in [0.3, 0.4) is 0 Å². The third kappa shape index (κ3) is 3.52. The molecule has 1 aliphatic rings. The quantitative estimate of drug-likeness (QED) is 0.392. The first-order valence-corrected chi connectivity index (χ1v) is 10.4. The van der Waals surface area contributed by atoms with E-state index in [0.717, 1.165) is 37.3 Å². The van der Waals surface area contributed by atoms with Gasteiger partial charge in [0.25, 0.3) is 5.69 Å². The number of benzene rings is 2. The summed E-state index contributed by atoms with van der Waals surface area (Å²) >= 11 is 0. The molecule has 0 aliphatic carbocycles. The summed E-state index contributed by atoms with van der Waals surface area (Å²) in [5, 5.41) is 15.6. The Morgan fingerprint density at radius 2 is 1.72 bits per heavy atom. The Labute approximate surface area is 184 Å². The van der Waals surface area contributed by atoms with Crippen LogP contribution in [0.5, 0.6) is 0 Å². The largest absolute Gasteiger partial charge is 0.383 e. The van der Waals surface area contributed by atoms with Gasteiger partial charge in [0.05, 0.1) is 11.1 Å². The molecule has 5 rings (SSSR count). The minimum Gasteiger partial charge on any atom is -0.383 e. The molecule has 0 radical (unpaired) electrons. The number of piperazine rings is 1. The summed E-state index contributed by atoms with van der Waals surface area (Å²) in [6.07, 6.45) is 3.40. The van der Waals surface area contributed by atoms with E-state index in [1.807, 2.05) is 0 Å². The average molecular weight is 429 g/mol. The summed E-state index contributed by atoms with van der Waals surface area (Å²) in [7, 11) is 2.15. The fraction of sp³-hybridized carbons (Fsp3) is 0.217. The standard InChI is InChI=1S/C23H23N7O2/c1-27-9-11-28(12-10-27)18-7-5-16(6-8-18)21-15-26-29-22(24)20(14-25-23(21)29)17-3-2-4-19(13-17)30(31)32/h2-8,13-15H,9-12,24H2,1H3. The van der Waals surface area contributed by atoms with Crippen molar-refractivity contribution in [3.8, 4) is 22.3 Å². The minimum absolute atomic E-state index is 0.00333. The van der Waals surface area contributed by atoms with Crippen molar-refractivity contribution in [2.75, 3.05) is 43.9 Å². The number of non-ortho nitro benzene ring substituents is 1. The van der Waals surface area contributed by atoms with E-state index in [2.05, 4.69) is 51.2 Å². The lowest BCUT2D eigenvalue weighted by Gasteiger charge is -2.34. The summed E-state index contributed by atoms with van der Waals surface area (Å²) in [6, 6.07) is 14.8. The topological polar surface area (TPSA) is 106 Å². The summed E-state index contributed by atoms with van der Waals surface area (Å²) in [5.41, 5.74) is 11.3. The van der Waals surface area contributed by atoms with Crippen molar-refractivity contribution in [1.82, 2.24) is 19.5 Å². The summed E-state index contributed by atoms with van der Waals surface area (Å²) in [4.78, 5) is 20.0. The van der Waals surface area contributed by atoms with Gasteiger partial charge >= 0.3 is 0 Å². The number of anilines is 2. The van der Waals surface area contributed by atoms with Gasteiger partial charge in [0, 0.05) is 61.3 Å². The van der Waals surface area contributed by atoms with Crippen molar-refractivity contribution in [1.29, 1.82) is 0 Å². The van der Waals surface area contributed by atoms with Crippen LogP contribution < -0.4 is 10.6 Å². The Kier molecular flexibility index (Phi) is 4.95. The molecule has 2 N–H and O–H groups in total. The molecule has 2 aromatic heterocycles. The summed E-state index contributed by atoms with van der Waals surface area (Å²) in [6.45, 7) is 4.16. The van der Waals surface area contributed by atoms with Crippen molar-refractivity contribution in [2.45, 2.75) is 0 Å². The Bertz CT molecular complexity index is 1290. The van der Waals surface area contributed by atoms with Gasteiger partial charge in [-0.05, 0) is 30.3 Å². The molecule has 1 aliphatic heterocycles. The molecule has 32 heavy (non-hydrogen) atoms. The van der Waals surface area contributed by atoms with E-state index in [0.29, 0.717) is 22.6 Å². The lowest BCUT2D eigenvalue weighted by molar-refractivity contribution is -0.384. The van der Waals surface area contributed by atoms with E-state index >= 15 is 0 Å². The molecule has 0 spiro atoms. The number of nitrogens with zero attached hydrogens (tertiary/aromatic N) is 6. The van der Waals surface area contributed by atoms with E-state index < -0.39 is 4.92 Å². The van der Waals surface area contributed by atoms with Crippen molar-refractivity contribution in [3.63, 3.8) is 0 Å². The molecule has 162 valence electrons. The number of rotatable bonds is 4. The second-order valence-corrected chi connectivity index (χ2v) is 8.00.